The Bertz CT molecular complexity index is 4500. The minimum Gasteiger partial charge on any atom is -0.456 e. The maximum Gasteiger partial charge on any atom is 0.252 e. The van der Waals surface area contributed by atoms with Crippen LogP contribution >= 0.6 is 0 Å². The van der Waals surface area contributed by atoms with E-state index in [1.807, 2.05) is 0 Å². The van der Waals surface area contributed by atoms with Crippen molar-refractivity contribution in [2.24, 2.45) is 0 Å². The Hall–Kier alpha value is -8.74. The molecule has 5 nitrogen and oxygen atoms in total. The van der Waals surface area contributed by atoms with Crippen molar-refractivity contribution in [3.8, 4) is 5.69 Å². The van der Waals surface area contributed by atoms with E-state index in [1.54, 1.807) is 0 Å². The van der Waals surface area contributed by atoms with Crippen molar-refractivity contribution >= 4 is 118 Å². The fourth-order valence-electron chi connectivity index (χ4n) is 13.4. The van der Waals surface area contributed by atoms with Crippen LogP contribution in [0.1, 0.15) is 95.7 Å². The standard InChI is InChI=1S/C75H69BN4O/c1-46-38-67-71-68(39-46)80(56-32-35-60-59-23-17-19-25-69(59)81-70(60)45-56)66-44-55(33-36-61(66)76(71)62-42-50(74(7,8)9)28-37-64(62)79(67)53-29-26-49(27-30-53)73(4,5)6)77(72-47(2)40-51(41-48(72)3)75(10,11)12)54-31-34-58-57-22-16-18-24-63(57)78(65(58)43-54)52-20-14-13-15-21-52/h13-45H,1-12H3. The minimum absolute atomic E-state index is 0.0231. The smallest absolute Gasteiger partial charge is 0.252 e. The number of benzene rings is 10. The minimum atomic E-state index is -0.0773. The summed E-state index contributed by atoms with van der Waals surface area (Å²) in [6.07, 6.45) is 0. The number of aryl methyl sites for hydroxylation is 3. The highest BCUT2D eigenvalue weighted by Crippen LogP contribution is 2.50. The molecule has 12 aromatic rings. The molecule has 0 saturated carbocycles. The van der Waals surface area contributed by atoms with Crippen molar-refractivity contribution in [1.82, 2.24) is 4.57 Å². The lowest BCUT2D eigenvalue weighted by Crippen LogP contribution is -2.61. The summed E-state index contributed by atoms with van der Waals surface area (Å²) in [5, 5.41) is 4.69. The second-order valence-corrected chi connectivity index (χ2v) is 26.1. The number of aromatic nitrogens is 1. The van der Waals surface area contributed by atoms with E-state index in [2.05, 4.69) is 303 Å². The Morgan fingerprint density at radius 2 is 0.951 bits per heavy atom. The van der Waals surface area contributed by atoms with Crippen LogP contribution in [0.4, 0.5) is 51.2 Å². The third-order valence-electron chi connectivity index (χ3n) is 17.4. The normalized spacial score (nSPS) is 13.4. The highest BCUT2D eigenvalue weighted by Gasteiger charge is 2.44. The number of furan rings is 1. The average Bonchev–Trinajstić information content (AvgIpc) is 2.78. The molecule has 2 aliphatic heterocycles. The lowest BCUT2D eigenvalue weighted by atomic mass is 9.33. The first-order valence-corrected chi connectivity index (χ1v) is 28.9. The van der Waals surface area contributed by atoms with Gasteiger partial charge in [-0.1, -0.05) is 165 Å². The fourth-order valence-corrected chi connectivity index (χ4v) is 13.4. The lowest BCUT2D eigenvalue weighted by molar-refractivity contribution is 0.589. The number of hydrogen-bond donors (Lipinski definition) is 0. The van der Waals surface area contributed by atoms with E-state index >= 15 is 0 Å². The van der Waals surface area contributed by atoms with Gasteiger partial charge in [0.05, 0.1) is 16.7 Å². The van der Waals surface area contributed by atoms with Crippen molar-refractivity contribution in [3.05, 3.63) is 234 Å². The maximum atomic E-state index is 6.75. The average molecular weight is 1050 g/mol. The summed E-state index contributed by atoms with van der Waals surface area (Å²) in [7, 11) is 0. The van der Waals surface area contributed by atoms with Crippen LogP contribution in [-0.2, 0) is 16.2 Å². The summed E-state index contributed by atoms with van der Waals surface area (Å²) in [4.78, 5) is 7.62. The van der Waals surface area contributed by atoms with Crippen LogP contribution in [0.3, 0.4) is 0 Å². The van der Waals surface area contributed by atoms with E-state index in [0.29, 0.717) is 0 Å². The summed E-state index contributed by atoms with van der Waals surface area (Å²) in [6, 6.07) is 75.6. The number of anilines is 9. The van der Waals surface area contributed by atoms with Gasteiger partial charge in [-0.05, 0) is 178 Å². The van der Waals surface area contributed by atoms with Crippen LogP contribution in [0.15, 0.2) is 205 Å². The molecular weight excluding hydrogens is 984 g/mol. The Morgan fingerprint density at radius 1 is 0.383 bits per heavy atom. The van der Waals surface area contributed by atoms with Gasteiger partial charge in [0.2, 0.25) is 0 Å². The molecule has 0 aliphatic carbocycles. The molecule has 0 fully saturated rings. The Balaban J connectivity index is 1.06. The van der Waals surface area contributed by atoms with Crippen molar-refractivity contribution in [2.75, 3.05) is 14.7 Å². The summed E-state index contributed by atoms with van der Waals surface area (Å²) in [5.74, 6) is 0. The zero-order valence-electron chi connectivity index (χ0n) is 48.8. The van der Waals surface area contributed by atoms with Crippen LogP contribution in [0.2, 0.25) is 0 Å². The second kappa shape index (κ2) is 18.1. The van der Waals surface area contributed by atoms with Gasteiger partial charge in [0.1, 0.15) is 11.2 Å². The van der Waals surface area contributed by atoms with E-state index in [1.165, 1.54) is 88.8 Å². The van der Waals surface area contributed by atoms with Crippen LogP contribution in [0.5, 0.6) is 0 Å². The molecule has 0 unspecified atom stereocenters. The summed E-state index contributed by atoms with van der Waals surface area (Å²) < 4.78 is 9.18. The predicted molar refractivity (Wildman–Crippen MR) is 347 cm³/mol. The number of hydrogen-bond acceptors (Lipinski definition) is 4. The Morgan fingerprint density at radius 3 is 1.65 bits per heavy atom. The predicted octanol–water partition coefficient (Wildman–Crippen LogP) is 19.1. The molecule has 10 aromatic carbocycles. The molecule has 0 spiro atoms. The third-order valence-corrected chi connectivity index (χ3v) is 17.4. The van der Waals surface area contributed by atoms with Crippen LogP contribution in [0, 0.1) is 20.8 Å². The van der Waals surface area contributed by atoms with Gasteiger partial charge in [-0.3, -0.25) is 0 Å². The van der Waals surface area contributed by atoms with Gasteiger partial charge in [0.15, 0.2) is 0 Å². The molecule has 4 heterocycles. The van der Waals surface area contributed by atoms with E-state index in [-0.39, 0.29) is 23.0 Å². The van der Waals surface area contributed by atoms with E-state index < -0.39 is 0 Å². The monoisotopic (exact) mass is 1050 g/mol. The molecule has 0 saturated heterocycles. The van der Waals surface area contributed by atoms with Crippen molar-refractivity contribution in [2.45, 2.75) is 99.3 Å². The third kappa shape index (κ3) is 8.11. The maximum absolute atomic E-state index is 6.75. The number of para-hydroxylation sites is 3. The van der Waals surface area contributed by atoms with Gasteiger partial charge in [0, 0.05) is 78.8 Å². The fraction of sp³-hybridized carbons (Fsp3) is 0.200. The largest absolute Gasteiger partial charge is 0.456 e. The van der Waals surface area contributed by atoms with Gasteiger partial charge in [0.25, 0.3) is 6.71 Å². The summed E-state index contributed by atoms with van der Waals surface area (Å²) in [6.45, 7) is 27.6. The Labute approximate surface area is 477 Å². The first kappa shape index (κ1) is 50.5. The van der Waals surface area contributed by atoms with Gasteiger partial charge < -0.3 is 23.7 Å². The quantitative estimate of drug-likeness (QED) is 0.155. The molecule has 2 aliphatic rings. The van der Waals surface area contributed by atoms with Gasteiger partial charge in [-0.15, -0.1) is 0 Å². The summed E-state index contributed by atoms with van der Waals surface area (Å²) in [5.41, 5.74) is 26.9. The Kier molecular flexibility index (Phi) is 11.3. The SMILES string of the molecule is Cc1cc2c3c(c1)N(c1ccc4c(c1)oc1ccccc14)c1cc(N(c4ccc5c6ccccc6n(-c6ccccc6)c5c4)c4c(C)cc(C(C)(C)C)cc4C)ccc1B3c1cc(C(C)(C)C)ccc1N2c1ccc(C(C)(C)C)cc1. The zero-order chi connectivity index (χ0) is 56.0. The van der Waals surface area contributed by atoms with Crippen molar-refractivity contribution < 1.29 is 4.42 Å². The van der Waals surface area contributed by atoms with Crippen molar-refractivity contribution in [1.29, 1.82) is 0 Å². The summed E-state index contributed by atoms with van der Waals surface area (Å²) >= 11 is 0. The van der Waals surface area contributed by atoms with Gasteiger partial charge in [-0.2, -0.15) is 0 Å². The van der Waals surface area contributed by atoms with Crippen LogP contribution in [-0.4, -0.2) is 11.3 Å². The molecular formula is C75H69BN4O. The van der Waals surface area contributed by atoms with Crippen LogP contribution in [0.25, 0.3) is 49.4 Å². The first-order valence-electron chi connectivity index (χ1n) is 28.9. The molecule has 0 radical (unpaired) electrons. The number of fused-ring (bicyclic) bond motifs is 10. The topological polar surface area (TPSA) is 27.8 Å². The number of nitrogens with zero attached hydrogens (tertiary/aromatic N) is 4. The van der Waals surface area contributed by atoms with Crippen molar-refractivity contribution in [3.63, 3.8) is 0 Å². The van der Waals surface area contributed by atoms with E-state index in [4.69, 9.17) is 4.42 Å². The molecule has 0 N–H and O–H groups in total. The first-order chi connectivity index (χ1) is 38.8. The van der Waals surface area contributed by atoms with Gasteiger partial charge in [-0.25, -0.2) is 0 Å². The molecule has 398 valence electrons. The highest BCUT2D eigenvalue weighted by molar-refractivity contribution is 7.00. The zero-order valence-corrected chi connectivity index (χ0v) is 48.8. The van der Waals surface area contributed by atoms with Crippen LogP contribution < -0.4 is 31.1 Å². The second-order valence-electron chi connectivity index (χ2n) is 26.1. The molecule has 0 bridgehead atoms. The molecule has 2 aromatic heterocycles. The molecule has 0 amide bonds. The molecule has 81 heavy (non-hydrogen) atoms. The highest BCUT2D eigenvalue weighted by atomic mass is 16.3. The van der Waals surface area contributed by atoms with E-state index in [0.717, 1.165) is 61.6 Å². The molecule has 6 heteroatoms. The lowest BCUT2D eigenvalue weighted by Gasteiger charge is -2.45. The number of rotatable bonds is 6. The molecule has 0 atom stereocenters. The van der Waals surface area contributed by atoms with E-state index in [9.17, 15) is 0 Å². The molecule has 14 rings (SSSR count). The van der Waals surface area contributed by atoms with Gasteiger partial charge >= 0.3 is 0 Å².